The Morgan fingerprint density at radius 3 is 2.67 bits per heavy atom. The Morgan fingerprint density at radius 1 is 1.39 bits per heavy atom. The largest absolute Gasteiger partial charge is 0.315 e. The molecular formula is C13H26N2O2S. The van der Waals surface area contributed by atoms with Crippen LogP contribution in [0.15, 0.2) is 11.6 Å². The lowest BCUT2D eigenvalue weighted by atomic mass is 10.1. The molecule has 1 rings (SSSR count). The molecular weight excluding hydrogens is 248 g/mol. The lowest BCUT2D eigenvalue weighted by Gasteiger charge is -2.24. The summed E-state index contributed by atoms with van der Waals surface area (Å²) in [5, 5.41) is 3.30. The third kappa shape index (κ3) is 5.50. The zero-order valence-corrected chi connectivity index (χ0v) is 12.6. The second-order valence-corrected chi connectivity index (χ2v) is 7.38. The van der Waals surface area contributed by atoms with Crippen molar-refractivity contribution in [1.29, 1.82) is 0 Å². The zero-order valence-electron chi connectivity index (χ0n) is 11.8. The highest BCUT2D eigenvalue weighted by molar-refractivity contribution is 7.89. The van der Waals surface area contributed by atoms with Crippen molar-refractivity contribution >= 4 is 10.0 Å². The zero-order chi connectivity index (χ0) is 13.6. The van der Waals surface area contributed by atoms with Gasteiger partial charge in [-0.25, -0.2) is 8.42 Å². The van der Waals surface area contributed by atoms with Crippen molar-refractivity contribution in [3.8, 4) is 0 Å². The summed E-state index contributed by atoms with van der Waals surface area (Å²) in [5.41, 5.74) is 1.29. The average molecular weight is 274 g/mol. The summed E-state index contributed by atoms with van der Waals surface area (Å²) in [5.74, 6) is 0.277. The van der Waals surface area contributed by atoms with Crippen LogP contribution in [0.3, 0.4) is 0 Å². The molecule has 1 heterocycles. The van der Waals surface area contributed by atoms with Gasteiger partial charge in [0, 0.05) is 19.1 Å². The fourth-order valence-electron chi connectivity index (χ4n) is 1.93. The fraction of sp³-hybridized carbons (Fsp3) is 0.846. The van der Waals surface area contributed by atoms with Crippen LogP contribution in [0.25, 0.3) is 0 Å². The van der Waals surface area contributed by atoms with Crippen LogP contribution in [0.2, 0.25) is 0 Å². The first-order valence-electron chi connectivity index (χ1n) is 6.78. The van der Waals surface area contributed by atoms with Gasteiger partial charge in [-0.2, -0.15) is 4.31 Å². The molecule has 0 aliphatic carbocycles. The third-order valence-corrected chi connectivity index (χ3v) is 5.10. The van der Waals surface area contributed by atoms with Crippen LogP contribution in [0, 0.1) is 0 Å². The molecule has 0 unspecified atom stereocenters. The van der Waals surface area contributed by atoms with Gasteiger partial charge >= 0.3 is 0 Å². The van der Waals surface area contributed by atoms with Gasteiger partial charge in [-0.15, -0.1) is 0 Å². The molecule has 4 nitrogen and oxygen atoms in total. The first-order chi connectivity index (χ1) is 8.42. The van der Waals surface area contributed by atoms with Gasteiger partial charge in [-0.05, 0) is 32.7 Å². The molecule has 0 amide bonds. The number of hydrogen-bond acceptors (Lipinski definition) is 3. The van der Waals surface area contributed by atoms with Crippen LogP contribution >= 0.6 is 0 Å². The van der Waals surface area contributed by atoms with E-state index in [-0.39, 0.29) is 5.75 Å². The number of hydrogen-bond donors (Lipinski definition) is 1. The van der Waals surface area contributed by atoms with Gasteiger partial charge in [0.2, 0.25) is 10.0 Å². The Morgan fingerprint density at radius 2 is 2.11 bits per heavy atom. The molecule has 0 aromatic rings. The number of sulfonamides is 1. The Bertz CT molecular complexity index is 374. The van der Waals surface area contributed by atoms with Crippen LogP contribution in [0.5, 0.6) is 0 Å². The molecule has 106 valence electrons. The monoisotopic (exact) mass is 274 g/mol. The van der Waals surface area contributed by atoms with Crippen molar-refractivity contribution in [2.75, 3.05) is 25.4 Å². The second kappa shape index (κ2) is 7.26. The molecule has 0 saturated heterocycles. The smallest absolute Gasteiger partial charge is 0.214 e. The first-order valence-corrected chi connectivity index (χ1v) is 8.39. The summed E-state index contributed by atoms with van der Waals surface area (Å²) >= 11 is 0. The van der Waals surface area contributed by atoms with E-state index >= 15 is 0 Å². The third-order valence-electron chi connectivity index (χ3n) is 3.17. The van der Waals surface area contributed by atoms with E-state index in [0.29, 0.717) is 19.1 Å². The summed E-state index contributed by atoms with van der Waals surface area (Å²) in [4.78, 5) is 0. The Balaban J connectivity index is 2.28. The number of nitrogens with one attached hydrogen (secondary N) is 1. The van der Waals surface area contributed by atoms with Crippen LogP contribution in [0.1, 0.15) is 40.0 Å². The van der Waals surface area contributed by atoms with Crippen molar-refractivity contribution in [2.24, 2.45) is 0 Å². The van der Waals surface area contributed by atoms with Gasteiger partial charge in [-0.3, -0.25) is 0 Å². The van der Waals surface area contributed by atoms with Gasteiger partial charge in [-0.1, -0.05) is 25.5 Å². The van der Waals surface area contributed by atoms with E-state index in [0.717, 1.165) is 25.8 Å². The molecule has 0 saturated carbocycles. The summed E-state index contributed by atoms with van der Waals surface area (Å²) in [6.07, 6.45) is 4.54. The van der Waals surface area contributed by atoms with Crippen LogP contribution < -0.4 is 5.32 Å². The molecule has 0 aromatic carbocycles. The van der Waals surface area contributed by atoms with Crippen molar-refractivity contribution in [3.05, 3.63) is 11.6 Å². The molecule has 0 fully saturated rings. The number of nitrogens with zero attached hydrogens (tertiary/aromatic N) is 1. The maximum Gasteiger partial charge on any atom is 0.214 e. The van der Waals surface area contributed by atoms with E-state index in [1.165, 1.54) is 5.57 Å². The molecule has 0 atom stereocenters. The minimum Gasteiger partial charge on any atom is -0.315 e. The van der Waals surface area contributed by atoms with Crippen LogP contribution in [-0.4, -0.2) is 44.2 Å². The highest BCUT2D eigenvalue weighted by Gasteiger charge is 2.22. The van der Waals surface area contributed by atoms with Gasteiger partial charge < -0.3 is 5.32 Å². The molecule has 18 heavy (non-hydrogen) atoms. The van der Waals surface area contributed by atoms with Gasteiger partial charge in [0.25, 0.3) is 0 Å². The normalized spacial score (nSPS) is 18.1. The lowest BCUT2D eigenvalue weighted by molar-refractivity contribution is 0.429. The topological polar surface area (TPSA) is 49.4 Å². The Hall–Kier alpha value is -0.390. The van der Waals surface area contributed by atoms with Gasteiger partial charge in [0.15, 0.2) is 0 Å². The lowest BCUT2D eigenvalue weighted by Crippen LogP contribution is -2.36. The van der Waals surface area contributed by atoms with Gasteiger partial charge in [0.05, 0.1) is 5.75 Å². The average Bonchev–Trinajstić information content (AvgIpc) is 2.28. The molecule has 0 aromatic heterocycles. The maximum absolute atomic E-state index is 12.1. The van der Waals surface area contributed by atoms with E-state index in [1.54, 1.807) is 4.31 Å². The van der Waals surface area contributed by atoms with Crippen molar-refractivity contribution < 1.29 is 8.42 Å². The summed E-state index contributed by atoms with van der Waals surface area (Å²) < 4.78 is 25.7. The van der Waals surface area contributed by atoms with Crippen LogP contribution in [0.4, 0.5) is 0 Å². The Labute approximate surface area is 111 Å². The SMILES string of the molecule is CC1=CCN(S(=O)(=O)CCCCNC(C)C)CC1. The van der Waals surface area contributed by atoms with E-state index < -0.39 is 10.0 Å². The molecule has 0 radical (unpaired) electrons. The standard InChI is InChI=1S/C13H26N2O2S/c1-12(2)14-8-4-5-11-18(16,17)15-9-6-13(3)7-10-15/h6,12,14H,4-5,7-11H2,1-3H3. The maximum atomic E-state index is 12.1. The van der Waals surface area contributed by atoms with E-state index in [2.05, 4.69) is 26.1 Å². The molecule has 0 bridgehead atoms. The molecule has 1 aliphatic heterocycles. The summed E-state index contributed by atoms with van der Waals surface area (Å²) in [6.45, 7) is 8.35. The highest BCUT2D eigenvalue weighted by Crippen LogP contribution is 2.14. The first kappa shape index (κ1) is 15.7. The fourth-order valence-corrected chi connectivity index (χ4v) is 3.43. The van der Waals surface area contributed by atoms with E-state index in [1.807, 2.05) is 6.08 Å². The molecule has 1 N–H and O–H groups in total. The van der Waals surface area contributed by atoms with Gasteiger partial charge in [0.1, 0.15) is 0 Å². The second-order valence-electron chi connectivity index (χ2n) is 5.29. The van der Waals surface area contributed by atoms with Crippen molar-refractivity contribution in [3.63, 3.8) is 0 Å². The molecule has 0 spiro atoms. The predicted octanol–water partition coefficient (Wildman–Crippen LogP) is 1.75. The van der Waals surface area contributed by atoms with Crippen molar-refractivity contribution in [1.82, 2.24) is 9.62 Å². The summed E-state index contributed by atoms with van der Waals surface area (Å²) in [7, 11) is -3.05. The highest BCUT2D eigenvalue weighted by atomic mass is 32.2. The summed E-state index contributed by atoms with van der Waals surface area (Å²) in [6, 6.07) is 0.469. The van der Waals surface area contributed by atoms with Crippen LogP contribution in [-0.2, 0) is 10.0 Å². The quantitative estimate of drug-likeness (QED) is 0.568. The minimum absolute atomic E-state index is 0.277. The predicted molar refractivity (Wildman–Crippen MR) is 76.1 cm³/mol. The Kier molecular flexibility index (Phi) is 6.32. The van der Waals surface area contributed by atoms with Crippen molar-refractivity contribution in [2.45, 2.75) is 46.1 Å². The van der Waals surface area contributed by atoms with E-state index in [9.17, 15) is 8.42 Å². The molecule has 5 heteroatoms. The number of unbranched alkanes of at least 4 members (excludes halogenated alkanes) is 1. The minimum atomic E-state index is -3.05. The molecule has 1 aliphatic rings. The van der Waals surface area contributed by atoms with E-state index in [4.69, 9.17) is 0 Å². The number of rotatable bonds is 7.